The quantitative estimate of drug-likeness (QED) is 0.655. The number of halogens is 5. The third kappa shape index (κ3) is 3.60. The molecule has 0 aliphatic rings. The summed E-state index contributed by atoms with van der Waals surface area (Å²) < 4.78 is 77.2. The maximum absolute atomic E-state index is 13.4. The van der Waals surface area contributed by atoms with Gasteiger partial charge in [0.25, 0.3) is 0 Å². The SMILES string of the molecule is CNCCN(C)S(=O)(=O)c1c(F)c(F)cc(F)c1F.Cl. The summed E-state index contributed by atoms with van der Waals surface area (Å²) in [6, 6.07) is -0.0444. The molecule has 0 aliphatic carbocycles. The van der Waals surface area contributed by atoms with Gasteiger partial charge in [-0.05, 0) is 7.05 Å². The van der Waals surface area contributed by atoms with Crippen LogP contribution in [-0.2, 0) is 10.0 Å². The van der Waals surface area contributed by atoms with Crippen LogP contribution in [0.4, 0.5) is 17.6 Å². The second kappa shape index (κ2) is 7.21. The van der Waals surface area contributed by atoms with E-state index in [1.165, 1.54) is 0 Å². The molecular formula is C10H13ClF4N2O2S. The van der Waals surface area contributed by atoms with Gasteiger partial charge in [0.2, 0.25) is 10.0 Å². The van der Waals surface area contributed by atoms with E-state index in [2.05, 4.69) is 5.32 Å². The standard InChI is InChI=1S/C10H12F4N2O2S.ClH/c1-15-3-4-16(2)19(17,18)10-8(13)6(11)5-7(12)9(10)14;/h5,15H,3-4H2,1-2H3;1H. The number of rotatable bonds is 5. The van der Waals surface area contributed by atoms with Crippen LogP contribution < -0.4 is 5.32 Å². The van der Waals surface area contributed by atoms with Crippen molar-refractivity contribution < 1.29 is 26.0 Å². The van der Waals surface area contributed by atoms with Gasteiger partial charge in [0.1, 0.15) is 0 Å². The summed E-state index contributed by atoms with van der Waals surface area (Å²) in [7, 11) is -2.06. The molecule has 1 rings (SSSR count). The number of nitrogens with one attached hydrogen (secondary N) is 1. The van der Waals surface area contributed by atoms with Crippen molar-refractivity contribution in [1.29, 1.82) is 0 Å². The number of hydrogen-bond donors (Lipinski definition) is 1. The Morgan fingerprint density at radius 1 is 1.15 bits per heavy atom. The summed E-state index contributed by atoms with van der Waals surface area (Å²) in [5.41, 5.74) is 0. The minimum atomic E-state index is -4.65. The number of hydrogen-bond acceptors (Lipinski definition) is 3. The van der Waals surface area contributed by atoms with Crippen molar-refractivity contribution in [3.63, 3.8) is 0 Å². The van der Waals surface area contributed by atoms with Crippen LogP contribution in [0.15, 0.2) is 11.0 Å². The fourth-order valence-electron chi connectivity index (χ4n) is 1.32. The minimum absolute atomic E-state index is 0. The summed E-state index contributed by atoms with van der Waals surface area (Å²) >= 11 is 0. The fourth-order valence-corrected chi connectivity index (χ4v) is 2.61. The van der Waals surface area contributed by atoms with Gasteiger partial charge in [0.15, 0.2) is 28.2 Å². The number of likely N-dealkylation sites (N-methyl/N-ethyl adjacent to an activating group) is 2. The van der Waals surface area contributed by atoms with Crippen molar-refractivity contribution in [3.8, 4) is 0 Å². The predicted molar refractivity (Wildman–Crippen MR) is 67.3 cm³/mol. The van der Waals surface area contributed by atoms with E-state index < -0.39 is 38.2 Å². The predicted octanol–water partition coefficient (Wildman–Crippen LogP) is 1.50. The van der Waals surface area contributed by atoms with E-state index in [-0.39, 0.29) is 31.6 Å². The molecular weight excluding hydrogens is 324 g/mol. The molecule has 4 nitrogen and oxygen atoms in total. The van der Waals surface area contributed by atoms with Gasteiger partial charge in [-0.3, -0.25) is 0 Å². The molecule has 0 saturated heterocycles. The zero-order chi connectivity index (χ0) is 14.8. The van der Waals surface area contributed by atoms with Gasteiger partial charge in [-0.1, -0.05) is 0 Å². The van der Waals surface area contributed by atoms with Crippen molar-refractivity contribution >= 4 is 22.4 Å². The molecule has 0 atom stereocenters. The molecule has 1 aromatic carbocycles. The lowest BCUT2D eigenvalue weighted by atomic mass is 10.3. The van der Waals surface area contributed by atoms with E-state index in [0.717, 1.165) is 7.05 Å². The van der Waals surface area contributed by atoms with E-state index in [1.807, 2.05) is 0 Å². The lowest BCUT2D eigenvalue weighted by Gasteiger charge is -2.18. The minimum Gasteiger partial charge on any atom is -0.318 e. The molecule has 10 heteroatoms. The van der Waals surface area contributed by atoms with E-state index in [9.17, 15) is 26.0 Å². The number of sulfonamides is 1. The highest BCUT2D eigenvalue weighted by Gasteiger charge is 2.32. The molecule has 0 heterocycles. The lowest BCUT2D eigenvalue weighted by molar-refractivity contribution is 0.404. The first-order valence-corrected chi connectivity index (χ1v) is 6.61. The lowest BCUT2D eigenvalue weighted by Crippen LogP contribution is -2.34. The van der Waals surface area contributed by atoms with Crippen LogP contribution in [0.5, 0.6) is 0 Å². The maximum Gasteiger partial charge on any atom is 0.248 e. The fraction of sp³-hybridized carbons (Fsp3) is 0.400. The molecule has 1 aromatic rings. The second-order valence-electron chi connectivity index (χ2n) is 3.73. The van der Waals surface area contributed by atoms with Gasteiger partial charge in [-0.2, -0.15) is 4.31 Å². The Labute approximate surface area is 120 Å². The normalized spacial score (nSPS) is 11.6. The molecule has 0 radical (unpaired) electrons. The maximum atomic E-state index is 13.4. The van der Waals surface area contributed by atoms with E-state index >= 15 is 0 Å². The Bertz CT molecular complexity index is 557. The smallest absolute Gasteiger partial charge is 0.248 e. The van der Waals surface area contributed by atoms with Gasteiger partial charge in [-0.25, -0.2) is 26.0 Å². The molecule has 1 N–H and O–H groups in total. The van der Waals surface area contributed by atoms with Crippen LogP contribution in [0.3, 0.4) is 0 Å². The molecule has 0 unspecified atom stereocenters. The number of benzene rings is 1. The van der Waals surface area contributed by atoms with Crippen LogP contribution in [0.2, 0.25) is 0 Å². The summed E-state index contributed by atoms with van der Waals surface area (Å²) in [4.78, 5) is -1.62. The summed E-state index contributed by atoms with van der Waals surface area (Å²) in [5.74, 6) is -7.40. The number of nitrogens with zero attached hydrogens (tertiary/aromatic N) is 1. The average molecular weight is 337 g/mol. The van der Waals surface area contributed by atoms with Crippen molar-refractivity contribution in [2.24, 2.45) is 0 Å². The van der Waals surface area contributed by atoms with Crippen LogP contribution in [0, 0.1) is 23.3 Å². The van der Waals surface area contributed by atoms with Crippen molar-refractivity contribution in [3.05, 3.63) is 29.3 Å². The molecule has 0 aliphatic heterocycles. The topological polar surface area (TPSA) is 49.4 Å². The first-order valence-electron chi connectivity index (χ1n) is 5.17. The van der Waals surface area contributed by atoms with Gasteiger partial charge in [0, 0.05) is 26.2 Å². The monoisotopic (exact) mass is 336 g/mol. The van der Waals surface area contributed by atoms with Crippen LogP contribution in [-0.4, -0.2) is 39.9 Å². The molecule has 0 amide bonds. The van der Waals surface area contributed by atoms with E-state index in [4.69, 9.17) is 0 Å². The highest BCUT2D eigenvalue weighted by Crippen LogP contribution is 2.25. The highest BCUT2D eigenvalue weighted by atomic mass is 35.5. The molecule has 0 saturated carbocycles. The zero-order valence-electron chi connectivity index (χ0n) is 10.6. The van der Waals surface area contributed by atoms with Crippen molar-refractivity contribution in [1.82, 2.24) is 9.62 Å². The third-order valence-corrected chi connectivity index (χ3v) is 4.29. The second-order valence-corrected chi connectivity index (χ2v) is 5.71. The average Bonchev–Trinajstić information content (AvgIpc) is 2.33. The van der Waals surface area contributed by atoms with Crippen molar-refractivity contribution in [2.75, 3.05) is 27.2 Å². The Morgan fingerprint density at radius 2 is 1.60 bits per heavy atom. The zero-order valence-corrected chi connectivity index (χ0v) is 12.2. The Balaban J connectivity index is 0.00000361. The van der Waals surface area contributed by atoms with Crippen LogP contribution in [0.1, 0.15) is 0 Å². The third-order valence-electron chi connectivity index (χ3n) is 2.42. The molecule has 0 aromatic heterocycles. The molecule has 116 valence electrons. The summed E-state index contributed by atoms with van der Waals surface area (Å²) in [5, 5.41) is 2.63. The molecule has 0 spiro atoms. The van der Waals surface area contributed by atoms with Gasteiger partial charge >= 0.3 is 0 Å². The van der Waals surface area contributed by atoms with Crippen LogP contribution in [0.25, 0.3) is 0 Å². The highest BCUT2D eigenvalue weighted by molar-refractivity contribution is 7.89. The Morgan fingerprint density at radius 3 is 2.00 bits per heavy atom. The van der Waals surface area contributed by atoms with Crippen LogP contribution >= 0.6 is 12.4 Å². The molecule has 20 heavy (non-hydrogen) atoms. The largest absolute Gasteiger partial charge is 0.318 e. The first kappa shape index (κ1) is 19.1. The van der Waals surface area contributed by atoms with Gasteiger partial charge in [0.05, 0.1) is 0 Å². The molecule has 0 bridgehead atoms. The summed E-state index contributed by atoms with van der Waals surface area (Å²) in [6.45, 7) is 0.0899. The molecule has 0 fully saturated rings. The Hall–Kier alpha value is -0.900. The summed E-state index contributed by atoms with van der Waals surface area (Å²) in [6.07, 6.45) is 0. The first-order chi connectivity index (χ1) is 8.73. The van der Waals surface area contributed by atoms with Gasteiger partial charge < -0.3 is 5.32 Å². The van der Waals surface area contributed by atoms with Crippen molar-refractivity contribution in [2.45, 2.75) is 4.90 Å². The van der Waals surface area contributed by atoms with E-state index in [0.29, 0.717) is 4.31 Å². The Kier molecular flexibility index (Phi) is 6.88. The van der Waals surface area contributed by atoms with Gasteiger partial charge in [-0.15, -0.1) is 12.4 Å². The van der Waals surface area contributed by atoms with E-state index in [1.54, 1.807) is 7.05 Å².